The lowest BCUT2D eigenvalue weighted by atomic mass is 10.2. The molecule has 0 saturated heterocycles. The van der Waals surface area contributed by atoms with E-state index in [-0.39, 0.29) is 5.75 Å². The van der Waals surface area contributed by atoms with E-state index in [1.807, 2.05) is 24.3 Å². The van der Waals surface area contributed by atoms with Gasteiger partial charge in [-0.25, -0.2) is 0 Å². The van der Waals surface area contributed by atoms with E-state index in [1.54, 1.807) is 43.8 Å². The molecule has 0 fully saturated rings. The number of rotatable bonds is 3. The fraction of sp³-hybridized carbons (Fsp3) is 0.0588. The van der Waals surface area contributed by atoms with Crippen molar-refractivity contribution in [2.75, 3.05) is 7.11 Å². The largest absolute Gasteiger partial charge is 0.508 e. The average Bonchev–Trinajstić information content (AvgIpc) is 2.53. The molecule has 0 unspecified atom stereocenters. The van der Waals surface area contributed by atoms with E-state index in [9.17, 15) is 5.11 Å². The van der Waals surface area contributed by atoms with Crippen LogP contribution in [0.1, 0.15) is 5.56 Å². The highest BCUT2D eigenvalue weighted by Gasteiger charge is 2.04. The van der Waals surface area contributed by atoms with Crippen LogP contribution in [0.25, 0.3) is 10.9 Å². The lowest BCUT2D eigenvalue weighted by molar-refractivity contribution is 0.415. The summed E-state index contributed by atoms with van der Waals surface area (Å²) in [6.45, 7) is 0. The van der Waals surface area contributed by atoms with E-state index in [1.165, 1.54) is 0 Å². The molecule has 0 amide bonds. The Morgan fingerprint density at radius 2 is 1.95 bits per heavy atom. The van der Waals surface area contributed by atoms with Crippen molar-refractivity contribution in [2.45, 2.75) is 0 Å². The van der Waals surface area contributed by atoms with Crippen LogP contribution in [0.15, 0.2) is 59.7 Å². The summed E-state index contributed by atoms with van der Waals surface area (Å²) in [6.07, 6.45) is 3.48. The lowest BCUT2D eigenvalue weighted by Gasteiger charge is -2.05. The molecule has 0 saturated carbocycles. The zero-order valence-electron chi connectivity index (χ0n) is 11.5. The number of aliphatic imine (C=N–C) groups is 1. The third kappa shape index (κ3) is 2.84. The molecular formula is C17H14N2O2. The molecule has 1 aromatic heterocycles. The normalized spacial score (nSPS) is 11.1. The third-order valence-corrected chi connectivity index (χ3v) is 3.14. The molecule has 3 rings (SSSR count). The van der Waals surface area contributed by atoms with Crippen molar-refractivity contribution in [3.05, 3.63) is 60.3 Å². The topological polar surface area (TPSA) is 54.7 Å². The minimum atomic E-state index is 0.237. The van der Waals surface area contributed by atoms with Gasteiger partial charge in [-0.2, -0.15) is 0 Å². The second-order valence-corrected chi connectivity index (χ2v) is 4.57. The summed E-state index contributed by atoms with van der Waals surface area (Å²) in [5.41, 5.74) is 2.48. The van der Waals surface area contributed by atoms with Crippen molar-refractivity contribution in [1.82, 2.24) is 4.98 Å². The molecule has 3 aromatic rings. The Morgan fingerprint density at radius 3 is 2.71 bits per heavy atom. The van der Waals surface area contributed by atoms with Crippen molar-refractivity contribution in [3.63, 3.8) is 0 Å². The molecule has 1 heterocycles. The van der Waals surface area contributed by atoms with Gasteiger partial charge in [0.15, 0.2) is 0 Å². The summed E-state index contributed by atoms with van der Waals surface area (Å²) >= 11 is 0. The van der Waals surface area contributed by atoms with Crippen LogP contribution in [0.5, 0.6) is 11.5 Å². The Hall–Kier alpha value is -2.88. The number of pyridine rings is 1. The number of benzene rings is 2. The number of methoxy groups -OCH3 is 1. The van der Waals surface area contributed by atoms with Gasteiger partial charge in [-0.3, -0.25) is 9.98 Å². The molecule has 0 aliphatic rings. The van der Waals surface area contributed by atoms with Gasteiger partial charge in [-0.15, -0.1) is 0 Å². The molecule has 1 N–H and O–H groups in total. The van der Waals surface area contributed by atoms with Crippen LogP contribution < -0.4 is 4.74 Å². The summed E-state index contributed by atoms with van der Waals surface area (Å²) in [5.74, 6) is 0.981. The van der Waals surface area contributed by atoms with Gasteiger partial charge < -0.3 is 9.84 Å². The molecule has 4 nitrogen and oxygen atoms in total. The summed E-state index contributed by atoms with van der Waals surface area (Å²) in [7, 11) is 1.63. The van der Waals surface area contributed by atoms with E-state index in [2.05, 4.69) is 9.98 Å². The minimum Gasteiger partial charge on any atom is -0.508 e. The highest BCUT2D eigenvalue weighted by atomic mass is 16.5. The van der Waals surface area contributed by atoms with Crippen LogP contribution >= 0.6 is 0 Å². The number of hydrogen-bond donors (Lipinski definition) is 1. The lowest BCUT2D eigenvalue weighted by Crippen LogP contribution is -1.86. The molecule has 21 heavy (non-hydrogen) atoms. The van der Waals surface area contributed by atoms with Gasteiger partial charge in [0.1, 0.15) is 11.5 Å². The van der Waals surface area contributed by atoms with E-state index in [0.29, 0.717) is 0 Å². The summed E-state index contributed by atoms with van der Waals surface area (Å²) in [5, 5.41) is 10.3. The van der Waals surface area contributed by atoms with Crippen molar-refractivity contribution in [2.24, 2.45) is 4.99 Å². The maximum atomic E-state index is 9.28. The molecule has 104 valence electrons. The molecule has 4 heteroatoms. The number of aromatic hydroxyl groups is 1. The summed E-state index contributed by atoms with van der Waals surface area (Å²) in [4.78, 5) is 8.87. The van der Waals surface area contributed by atoms with Crippen LogP contribution in [0.4, 0.5) is 5.69 Å². The maximum absolute atomic E-state index is 9.28. The first-order valence-electron chi connectivity index (χ1n) is 6.52. The second kappa shape index (κ2) is 5.63. The summed E-state index contributed by atoms with van der Waals surface area (Å²) in [6, 6.07) is 14.5. The number of hydrogen-bond acceptors (Lipinski definition) is 4. The molecule has 0 radical (unpaired) electrons. The predicted octanol–water partition coefficient (Wildman–Crippen LogP) is 3.70. The second-order valence-electron chi connectivity index (χ2n) is 4.57. The van der Waals surface area contributed by atoms with Gasteiger partial charge in [-0.05, 0) is 42.0 Å². The van der Waals surface area contributed by atoms with Gasteiger partial charge in [0.05, 0.1) is 18.3 Å². The Morgan fingerprint density at radius 1 is 1.14 bits per heavy atom. The van der Waals surface area contributed by atoms with Gasteiger partial charge in [0.2, 0.25) is 0 Å². The monoisotopic (exact) mass is 278 g/mol. The van der Waals surface area contributed by atoms with Gasteiger partial charge >= 0.3 is 0 Å². The van der Waals surface area contributed by atoms with Crippen molar-refractivity contribution in [1.29, 1.82) is 0 Å². The molecular weight excluding hydrogens is 264 g/mol. The summed E-state index contributed by atoms with van der Waals surface area (Å²) < 4.78 is 5.30. The quantitative estimate of drug-likeness (QED) is 0.743. The van der Waals surface area contributed by atoms with E-state index < -0.39 is 0 Å². The number of aromatic nitrogens is 1. The van der Waals surface area contributed by atoms with Crippen molar-refractivity contribution >= 4 is 22.8 Å². The van der Waals surface area contributed by atoms with Gasteiger partial charge in [0, 0.05) is 23.9 Å². The fourth-order valence-corrected chi connectivity index (χ4v) is 2.07. The number of fused-ring (bicyclic) bond motifs is 1. The Bertz CT molecular complexity index is 795. The zero-order chi connectivity index (χ0) is 14.7. The number of phenolic OH excluding ortho intramolecular Hbond substituents is 1. The number of ether oxygens (including phenoxy) is 1. The number of phenols is 1. The van der Waals surface area contributed by atoms with E-state index in [4.69, 9.17) is 4.74 Å². The van der Waals surface area contributed by atoms with Crippen LogP contribution in [-0.4, -0.2) is 23.4 Å². The molecule has 0 spiro atoms. The first-order chi connectivity index (χ1) is 10.3. The first kappa shape index (κ1) is 13.1. The average molecular weight is 278 g/mol. The third-order valence-electron chi connectivity index (χ3n) is 3.14. The Kier molecular flexibility index (Phi) is 3.51. The molecule has 0 aliphatic heterocycles. The molecule has 0 aliphatic carbocycles. The predicted molar refractivity (Wildman–Crippen MR) is 83.7 cm³/mol. The van der Waals surface area contributed by atoms with Crippen molar-refractivity contribution in [3.8, 4) is 11.5 Å². The van der Waals surface area contributed by atoms with Crippen LogP contribution in [-0.2, 0) is 0 Å². The fourth-order valence-electron chi connectivity index (χ4n) is 2.07. The maximum Gasteiger partial charge on any atom is 0.121 e. The number of nitrogens with zero attached hydrogens (tertiary/aromatic N) is 2. The SMILES string of the molecule is COc1cc(N=Cc2ccc(O)cc2)c2ncccc2c1. The van der Waals surface area contributed by atoms with E-state index in [0.717, 1.165) is 27.9 Å². The Balaban J connectivity index is 2.04. The standard InChI is InChI=1S/C17H14N2O2/c1-21-15-9-13-3-2-8-18-17(13)16(10-15)19-11-12-4-6-14(20)7-5-12/h2-11,20H,1H3. The van der Waals surface area contributed by atoms with E-state index >= 15 is 0 Å². The smallest absolute Gasteiger partial charge is 0.121 e. The van der Waals surface area contributed by atoms with Gasteiger partial charge in [-0.1, -0.05) is 6.07 Å². The van der Waals surface area contributed by atoms with Crippen LogP contribution in [0.2, 0.25) is 0 Å². The highest BCUT2D eigenvalue weighted by molar-refractivity contribution is 5.93. The highest BCUT2D eigenvalue weighted by Crippen LogP contribution is 2.29. The minimum absolute atomic E-state index is 0.237. The van der Waals surface area contributed by atoms with Crippen LogP contribution in [0.3, 0.4) is 0 Å². The molecule has 0 atom stereocenters. The van der Waals surface area contributed by atoms with Crippen LogP contribution in [0, 0.1) is 0 Å². The van der Waals surface area contributed by atoms with Gasteiger partial charge in [0.25, 0.3) is 0 Å². The first-order valence-corrected chi connectivity index (χ1v) is 6.52. The molecule has 2 aromatic carbocycles. The zero-order valence-corrected chi connectivity index (χ0v) is 11.5. The van der Waals surface area contributed by atoms with Crippen molar-refractivity contribution < 1.29 is 9.84 Å². The molecule has 0 bridgehead atoms. The Labute approximate surface area is 122 Å².